The molecule has 13 nitrogen and oxygen atoms in total. The summed E-state index contributed by atoms with van der Waals surface area (Å²) < 4.78 is 0. The number of carbonyl (C=O) groups excluding carboxylic acids is 3. The van der Waals surface area contributed by atoms with E-state index in [9.17, 15) is 44.4 Å². The molecule has 0 saturated heterocycles. The molecule has 9 N–H and O–H groups in total. The number of carboxylic acids is 2. The Kier molecular flexibility index (Phi) is 11.8. The summed E-state index contributed by atoms with van der Waals surface area (Å²) in [6.45, 7) is 0. The van der Waals surface area contributed by atoms with Crippen molar-refractivity contribution in [2.24, 2.45) is 5.73 Å². The third-order valence-electron chi connectivity index (χ3n) is 6.65. The predicted octanol–water partition coefficient (Wildman–Crippen LogP) is 0.467. The van der Waals surface area contributed by atoms with E-state index in [1.54, 1.807) is 24.3 Å². The molecule has 3 aromatic carbocycles. The number of aliphatic carboxylic acids is 2. The number of benzene rings is 3. The number of hydrogen-bond acceptors (Lipinski definition) is 8. The van der Waals surface area contributed by atoms with Crippen molar-refractivity contribution in [3.63, 3.8) is 0 Å². The molecule has 3 rings (SSSR count). The highest BCUT2D eigenvalue weighted by molar-refractivity contribution is 5.95. The fourth-order valence-electron chi connectivity index (χ4n) is 4.31. The molecule has 3 aromatic rings. The summed E-state index contributed by atoms with van der Waals surface area (Å²) in [4.78, 5) is 63.0. The lowest BCUT2D eigenvalue weighted by Crippen LogP contribution is -2.58. The van der Waals surface area contributed by atoms with Crippen molar-refractivity contribution in [1.82, 2.24) is 16.0 Å². The van der Waals surface area contributed by atoms with Gasteiger partial charge in [0, 0.05) is 12.8 Å². The van der Waals surface area contributed by atoms with Crippen molar-refractivity contribution in [2.75, 3.05) is 0 Å². The number of nitrogens with two attached hydrogens (primary N) is 1. The molecule has 44 heavy (non-hydrogen) atoms. The van der Waals surface area contributed by atoms with Crippen LogP contribution >= 0.6 is 0 Å². The van der Waals surface area contributed by atoms with Gasteiger partial charge in [0.1, 0.15) is 29.6 Å². The van der Waals surface area contributed by atoms with Gasteiger partial charge < -0.3 is 42.1 Å². The molecule has 0 aliphatic rings. The van der Waals surface area contributed by atoms with Crippen LogP contribution in [-0.2, 0) is 43.2 Å². The van der Waals surface area contributed by atoms with Crippen molar-refractivity contribution < 1.29 is 44.4 Å². The van der Waals surface area contributed by atoms with Crippen LogP contribution in [-0.4, -0.2) is 74.3 Å². The average Bonchev–Trinajstić information content (AvgIpc) is 2.98. The van der Waals surface area contributed by atoms with Crippen molar-refractivity contribution in [3.05, 3.63) is 95.6 Å². The second-order valence-corrected chi connectivity index (χ2v) is 10.2. The second kappa shape index (κ2) is 15.7. The summed E-state index contributed by atoms with van der Waals surface area (Å²) in [6.07, 6.45) is -0.998. The molecule has 0 bridgehead atoms. The topological polar surface area (TPSA) is 228 Å². The molecule has 0 radical (unpaired) electrons. The molecule has 0 aliphatic heterocycles. The highest BCUT2D eigenvalue weighted by Crippen LogP contribution is 2.14. The minimum absolute atomic E-state index is 0.0258. The molecule has 0 fully saturated rings. The van der Waals surface area contributed by atoms with E-state index in [1.165, 1.54) is 48.5 Å². The maximum Gasteiger partial charge on any atom is 0.326 e. The molecule has 0 spiro atoms. The van der Waals surface area contributed by atoms with Gasteiger partial charge in [0.25, 0.3) is 0 Å². The van der Waals surface area contributed by atoms with E-state index in [-0.39, 0.29) is 30.8 Å². The van der Waals surface area contributed by atoms with Crippen molar-refractivity contribution in [2.45, 2.75) is 49.9 Å². The normalized spacial score (nSPS) is 13.5. The number of carbonyl (C=O) groups is 5. The van der Waals surface area contributed by atoms with E-state index in [4.69, 9.17) is 5.73 Å². The summed E-state index contributed by atoms with van der Waals surface area (Å²) in [6, 6.07) is 14.9. The molecule has 3 amide bonds. The van der Waals surface area contributed by atoms with E-state index in [0.717, 1.165) is 5.56 Å². The number of phenolic OH excluding ortho intramolecular Hbond substituents is 2. The molecule has 0 saturated carbocycles. The molecule has 0 aromatic heterocycles. The fraction of sp³-hybridized carbons (Fsp3) is 0.258. The number of amides is 3. The fourth-order valence-corrected chi connectivity index (χ4v) is 4.31. The smallest absolute Gasteiger partial charge is 0.326 e. The van der Waals surface area contributed by atoms with Gasteiger partial charge in [-0.25, -0.2) is 4.79 Å². The Morgan fingerprint density at radius 3 is 1.50 bits per heavy atom. The Hall–Kier alpha value is -5.43. The van der Waals surface area contributed by atoms with E-state index < -0.39 is 60.2 Å². The van der Waals surface area contributed by atoms with Gasteiger partial charge in [0.05, 0.1) is 12.5 Å². The first-order valence-electron chi connectivity index (χ1n) is 13.6. The predicted molar refractivity (Wildman–Crippen MR) is 157 cm³/mol. The zero-order valence-electron chi connectivity index (χ0n) is 23.6. The van der Waals surface area contributed by atoms with Gasteiger partial charge in [0.15, 0.2) is 0 Å². The highest BCUT2D eigenvalue weighted by atomic mass is 16.4. The number of phenols is 2. The molecule has 232 valence electrons. The molecule has 4 unspecified atom stereocenters. The summed E-state index contributed by atoms with van der Waals surface area (Å²) in [7, 11) is 0. The van der Waals surface area contributed by atoms with Crippen LogP contribution in [0.1, 0.15) is 23.1 Å². The van der Waals surface area contributed by atoms with Crippen LogP contribution < -0.4 is 21.7 Å². The van der Waals surface area contributed by atoms with Crippen LogP contribution in [0.4, 0.5) is 0 Å². The molecule has 0 heterocycles. The summed E-state index contributed by atoms with van der Waals surface area (Å²) >= 11 is 0. The van der Waals surface area contributed by atoms with Gasteiger partial charge in [-0.05, 0) is 47.4 Å². The van der Waals surface area contributed by atoms with Gasteiger partial charge in [-0.3, -0.25) is 19.2 Å². The first-order valence-corrected chi connectivity index (χ1v) is 13.6. The second-order valence-electron chi connectivity index (χ2n) is 10.2. The third-order valence-corrected chi connectivity index (χ3v) is 6.65. The van der Waals surface area contributed by atoms with Crippen LogP contribution in [0, 0.1) is 0 Å². The monoisotopic (exact) mass is 606 g/mol. The quantitative estimate of drug-likeness (QED) is 0.119. The maximum atomic E-state index is 13.4. The first kappa shape index (κ1) is 33.1. The van der Waals surface area contributed by atoms with Gasteiger partial charge in [-0.15, -0.1) is 0 Å². The molecular weight excluding hydrogens is 572 g/mol. The average molecular weight is 607 g/mol. The number of aromatic hydroxyl groups is 2. The van der Waals surface area contributed by atoms with Crippen LogP contribution in [0.5, 0.6) is 11.5 Å². The molecule has 13 heteroatoms. The van der Waals surface area contributed by atoms with Crippen molar-refractivity contribution in [1.29, 1.82) is 0 Å². The minimum atomic E-state index is -1.70. The van der Waals surface area contributed by atoms with Gasteiger partial charge in [-0.2, -0.15) is 0 Å². The Labute approximate surface area is 252 Å². The Morgan fingerprint density at radius 2 is 1.00 bits per heavy atom. The maximum absolute atomic E-state index is 13.4. The van der Waals surface area contributed by atoms with Gasteiger partial charge >= 0.3 is 11.9 Å². The van der Waals surface area contributed by atoms with Crippen LogP contribution in [0.3, 0.4) is 0 Å². The van der Waals surface area contributed by atoms with E-state index in [2.05, 4.69) is 16.0 Å². The Bertz CT molecular complexity index is 1450. The third kappa shape index (κ3) is 10.4. The zero-order valence-corrected chi connectivity index (χ0v) is 23.6. The Balaban J connectivity index is 1.78. The SMILES string of the molecule is NC(Cc1ccccc1)C(=O)NC(Cc1ccc(O)cc1)C(=O)NC(CC(=O)O)C(=O)NC(Cc1ccc(O)cc1)C(=O)O. The van der Waals surface area contributed by atoms with E-state index in [0.29, 0.717) is 11.1 Å². The summed E-state index contributed by atoms with van der Waals surface area (Å²) in [5.74, 6) is -5.57. The van der Waals surface area contributed by atoms with Crippen molar-refractivity contribution in [3.8, 4) is 11.5 Å². The van der Waals surface area contributed by atoms with Crippen molar-refractivity contribution >= 4 is 29.7 Å². The summed E-state index contributed by atoms with van der Waals surface area (Å²) in [5.41, 5.74) is 7.88. The molecular formula is C31H34N4O9. The molecule has 4 atom stereocenters. The lowest BCUT2D eigenvalue weighted by molar-refractivity contribution is -0.143. The zero-order chi connectivity index (χ0) is 32.2. The summed E-state index contributed by atoms with van der Waals surface area (Å²) in [5, 5.41) is 45.3. The standard InChI is InChI=1S/C31H34N4O9/c32-23(14-18-4-2-1-3-5-18)28(40)33-24(15-19-6-10-21(36)11-7-19)29(41)34-25(17-27(38)39)30(42)35-26(31(43)44)16-20-8-12-22(37)13-9-20/h1-13,23-26,36-37H,14-17,32H2,(H,33,40)(H,34,41)(H,35,42)(H,38,39)(H,43,44). The lowest BCUT2D eigenvalue weighted by atomic mass is 10.0. The van der Waals surface area contributed by atoms with Crippen LogP contribution in [0.25, 0.3) is 0 Å². The largest absolute Gasteiger partial charge is 0.508 e. The van der Waals surface area contributed by atoms with Gasteiger partial charge in [0.2, 0.25) is 17.7 Å². The lowest BCUT2D eigenvalue weighted by Gasteiger charge is -2.25. The van der Waals surface area contributed by atoms with Gasteiger partial charge in [-0.1, -0.05) is 54.6 Å². The number of carboxylic acid groups (broad SMARTS) is 2. The first-order chi connectivity index (χ1) is 20.9. The Morgan fingerprint density at radius 1 is 0.568 bits per heavy atom. The van der Waals surface area contributed by atoms with Crippen LogP contribution in [0.15, 0.2) is 78.9 Å². The number of rotatable bonds is 15. The highest BCUT2D eigenvalue weighted by Gasteiger charge is 2.32. The number of nitrogens with one attached hydrogen (secondary N) is 3. The minimum Gasteiger partial charge on any atom is -0.508 e. The number of hydrogen-bond donors (Lipinski definition) is 8. The molecule has 0 aliphatic carbocycles. The van der Waals surface area contributed by atoms with E-state index in [1.807, 2.05) is 6.07 Å². The van der Waals surface area contributed by atoms with Crippen LogP contribution in [0.2, 0.25) is 0 Å². The van der Waals surface area contributed by atoms with E-state index >= 15 is 0 Å².